The molecule has 0 radical (unpaired) electrons. The van der Waals surface area contributed by atoms with Crippen molar-refractivity contribution in [3.63, 3.8) is 0 Å². The topological polar surface area (TPSA) is 80.5 Å². The van der Waals surface area contributed by atoms with E-state index in [1.807, 2.05) is 0 Å². The molecule has 1 aromatic rings. The summed E-state index contributed by atoms with van der Waals surface area (Å²) in [6, 6.07) is 4.19. The number of benzene rings is 1. The second-order valence-electron chi connectivity index (χ2n) is 3.46. The molecule has 1 aliphatic heterocycles. The molecule has 0 saturated carbocycles. The van der Waals surface area contributed by atoms with Crippen molar-refractivity contribution < 1.29 is 13.2 Å². The lowest BCUT2D eigenvalue weighted by Crippen LogP contribution is -2.30. The van der Waals surface area contributed by atoms with E-state index < -0.39 is 15.9 Å². The van der Waals surface area contributed by atoms with Gasteiger partial charge < -0.3 is 5.73 Å². The molecule has 1 aromatic carbocycles. The van der Waals surface area contributed by atoms with Gasteiger partial charge in [0.2, 0.25) is 0 Å². The van der Waals surface area contributed by atoms with Crippen molar-refractivity contribution in [1.29, 1.82) is 0 Å². The van der Waals surface area contributed by atoms with Gasteiger partial charge in [-0.25, -0.2) is 12.7 Å². The van der Waals surface area contributed by atoms with Gasteiger partial charge >= 0.3 is 0 Å². The van der Waals surface area contributed by atoms with Gasteiger partial charge in [0.05, 0.1) is 12.1 Å². The summed E-state index contributed by atoms with van der Waals surface area (Å²) in [6.45, 7) is -0.0841. The van der Waals surface area contributed by atoms with Crippen LogP contribution in [0.5, 0.6) is 0 Å². The number of rotatable bonds is 2. The summed E-state index contributed by atoms with van der Waals surface area (Å²) in [5.74, 6) is -0.560. The molecule has 2 rings (SSSR count). The first-order valence-corrected chi connectivity index (χ1v) is 6.58. The highest BCUT2D eigenvalue weighted by Crippen LogP contribution is 2.31. The van der Waals surface area contributed by atoms with Gasteiger partial charge in [0.1, 0.15) is 4.90 Å². The summed E-state index contributed by atoms with van der Waals surface area (Å²) >= 11 is 5.32. The summed E-state index contributed by atoms with van der Waals surface area (Å²) in [5, 5.41) is 0. The first-order chi connectivity index (χ1) is 7.98. The molecule has 7 heteroatoms. The number of amides is 1. The van der Waals surface area contributed by atoms with Crippen molar-refractivity contribution in [3.05, 3.63) is 35.4 Å². The molecule has 0 saturated heterocycles. The normalized spacial score (nSPS) is 17.7. The largest absolute Gasteiger partial charge is 0.399 e. The second-order valence-corrected chi connectivity index (χ2v) is 5.54. The van der Waals surface area contributed by atoms with Gasteiger partial charge in [-0.2, -0.15) is 0 Å². The molecule has 0 atom stereocenters. The van der Waals surface area contributed by atoms with Crippen molar-refractivity contribution in [2.75, 3.05) is 12.3 Å². The van der Waals surface area contributed by atoms with Crippen LogP contribution in [0.25, 0.3) is 0 Å². The molecule has 0 aliphatic carbocycles. The maximum absolute atomic E-state index is 12.0. The highest BCUT2D eigenvalue weighted by atomic mass is 35.5. The predicted molar refractivity (Wildman–Crippen MR) is 64.1 cm³/mol. The maximum atomic E-state index is 12.0. The summed E-state index contributed by atoms with van der Waals surface area (Å²) in [7, 11) is -3.80. The van der Waals surface area contributed by atoms with Crippen molar-refractivity contribution in [1.82, 2.24) is 4.31 Å². The Morgan fingerprint density at radius 2 is 2.12 bits per heavy atom. The number of halogens is 1. The van der Waals surface area contributed by atoms with Gasteiger partial charge in [0.15, 0.2) is 0 Å². The number of carbonyl (C=O) groups excluding carboxylic acids is 1. The van der Waals surface area contributed by atoms with Crippen LogP contribution < -0.4 is 5.73 Å². The van der Waals surface area contributed by atoms with Crippen LogP contribution in [-0.2, 0) is 10.0 Å². The third kappa shape index (κ3) is 1.79. The van der Waals surface area contributed by atoms with E-state index in [-0.39, 0.29) is 17.0 Å². The van der Waals surface area contributed by atoms with Crippen LogP contribution >= 0.6 is 11.6 Å². The molecule has 2 N–H and O–H groups in total. The Bertz CT molecular complexity index is 610. The predicted octanol–water partition coefficient (Wildman–Crippen LogP) is 1.17. The number of nitrogens with zero attached hydrogens (tertiary/aromatic N) is 1. The van der Waals surface area contributed by atoms with Gasteiger partial charge in [-0.3, -0.25) is 4.79 Å². The zero-order valence-electron chi connectivity index (χ0n) is 8.63. The number of nitrogens with two attached hydrogens (primary N) is 1. The third-order valence-corrected chi connectivity index (χ3v) is 4.36. The average molecular weight is 273 g/mol. The second kappa shape index (κ2) is 4.05. The Kier molecular flexibility index (Phi) is 2.84. The van der Waals surface area contributed by atoms with E-state index in [0.29, 0.717) is 5.69 Å². The molecule has 90 valence electrons. The number of hydrogen-bond donors (Lipinski definition) is 1. The van der Waals surface area contributed by atoms with E-state index in [9.17, 15) is 13.2 Å². The lowest BCUT2D eigenvalue weighted by molar-refractivity contribution is 0.0880. The zero-order chi connectivity index (χ0) is 12.6. The van der Waals surface area contributed by atoms with Gasteiger partial charge in [0.25, 0.3) is 15.9 Å². The number of nitrogen functional groups attached to an aromatic ring is 1. The van der Waals surface area contributed by atoms with Crippen LogP contribution in [0.4, 0.5) is 5.69 Å². The van der Waals surface area contributed by atoms with E-state index in [4.69, 9.17) is 17.3 Å². The average Bonchev–Trinajstić information content (AvgIpc) is 2.45. The van der Waals surface area contributed by atoms with E-state index in [2.05, 4.69) is 0 Å². The molecule has 17 heavy (non-hydrogen) atoms. The minimum absolute atomic E-state index is 0.0505. The van der Waals surface area contributed by atoms with Crippen molar-refractivity contribution >= 4 is 33.2 Å². The van der Waals surface area contributed by atoms with Crippen molar-refractivity contribution in [2.45, 2.75) is 4.90 Å². The lowest BCUT2D eigenvalue weighted by Gasteiger charge is -2.11. The molecule has 0 spiro atoms. The number of carbonyl (C=O) groups is 1. The molecule has 1 heterocycles. The van der Waals surface area contributed by atoms with E-state index in [1.165, 1.54) is 29.8 Å². The Morgan fingerprint density at radius 3 is 2.76 bits per heavy atom. The van der Waals surface area contributed by atoms with Crippen molar-refractivity contribution in [3.8, 4) is 0 Å². The molecule has 0 bridgehead atoms. The Morgan fingerprint density at radius 1 is 1.41 bits per heavy atom. The highest BCUT2D eigenvalue weighted by Gasteiger charge is 2.40. The molecule has 5 nitrogen and oxygen atoms in total. The van der Waals surface area contributed by atoms with Crippen molar-refractivity contribution in [2.24, 2.45) is 0 Å². The number of hydrogen-bond acceptors (Lipinski definition) is 4. The Labute approximate surface area is 104 Å². The van der Waals surface area contributed by atoms with E-state index in [0.717, 1.165) is 4.31 Å². The fourth-order valence-electron chi connectivity index (χ4n) is 1.61. The van der Waals surface area contributed by atoms with E-state index in [1.54, 1.807) is 0 Å². The summed E-state index contributed by atoms with van der Waals surface area (Å²) in [5.41, 5.74) is 7.12. The molecule has 0 unspecified atom stereocenters. The standard InChI is InChI=1S/C10H9ClN2O3S/c11-4-1-5-13-10(14)8-3-2-7(12)6-9(8)17(13,15)16/h1-4,6H,5,12H2/b4-1+. The summed E-state index contributed by atoms with van der Waals surface area (Å²) in [4.78, 5) is 11.8. The van der Waals surface area contributed by atoms with Gasteiger partial charge in [0, 0.05) is 11.2 Å². The van der Waals surface area contributed by atoms with Crippen LogP contribution in [0.15, 0.2) is 34.7 Å². The molecule has 1 amide bonds. The van der Waals surface area contributed by atoms with Crippen LogP contribution in [0.1, 0.15) is 10.4 Å². The molecule has 0 aromatic heterocycles. The summed E-state index contributed by atoms with van der Waals surface area (Å²) in [6.07, 6.45) is 1.38. The Balaban J connectivity index is 2.57. The lowest BCUT2D eigenvalue weighted by atomic mass is 10.2. The fraction of sp³-hybridized carbons (Fsp3) is 0.100. The quantitative estimate of drug-likeness (QED) is 0.820. The third-order valence-electron chi connectivity index (χ3n) is 2.39. The van der Waals surface area contributed by atoms with Gasteiger partial charge in [-0.1, -0.05) is 17.7 Å². The van der Waals surface area contributed by atoms with Crippen LogP contribution in [0.2, 0.25) is 0 Å². The molecule has 1 aliphatic rings. The number of fused-ring (bicyclic) bond motifs is 1. The molecular weight excluding hydrogens is 264 g/mol. The fourth-order valence-corrected chi connectivity index (χ4v) is 3.24. The minimum atomic E-state index is -3.80. The molecular formula is C10H9ClN2O3S. The number of sulfonamides is 1. The number of anilines is 1. The first-order valence-electron chi connectivity index (χ1n) is 4.70. The molecule has 0 fully saturated rings. The minimum Gasteiger partial charge on any atom is -0.399 e. The van der Waals surface area contributed by atoms with Crippen LogP contribution in [-0.4, -0.2) is 25.2 Å². The zero-order valence-corrected chi connectivity index (χ0v) is 10.2. The van der Waals surface area contributed by atoms with Crippen LogP contribution in [0.3, 0.4) is 0 Å². The smallest absolute Gasteiger partial charge is 0.269 e. The van der Waals surface area contributed by atoms with Crippen LogP contribution in [0, 0.1) is 0 Å². The maximum Gasteiger partial charge on any atom is 0.269 e. The first kappa shape index (κ1) is 11.9. The van der Waals surface area contributed by atoms with Gasteiger partial charge in [-0.15, -0.1) is 0 Å². The Hall–Kier alpha value is -1.53. The summed E-state index contributed by atoms with van der Waals surface area (Å²) < 4.78 is 24.8. The SMILES string of the molecule is Nc1ccc2c(c1)S(=O)(=O)N(C/C=C/Cl)C2=O. The highest BCUT2D eigenvalue weighted by molar-refractivity contribution is 7.90. The monoisotopic (exact) mass is 272 g/mol. The van der Waals surface area contributed by atoms with Gasteiger partial charge in [-0.05, 0) is 18.2 Å². The van der Waals surface area contributed by atoms with E-state index >= 15 is 0 Å².